The SMILES string of the molecule is CCCCC(=O)Nc1ccc(C)cc1C. The number of benzene rings is 1. The van der Waals surface area contributed by atoms with Gasteiger partial charge in [-0.05, 0) is 31.9 Å². The molecule has 0 heterocycles. The average molecular weight is 205 g/mol. The van der Waals surface area contributed by atoms with Crippen molar-refractivity contribution in [3.63, 3.8) is 0 Å². The summed E-state index contributed by atoms with van der Waals surface area (Å²) in [4.78, 5) is 11.5. The van der Waals surface area contributed by atoms with Crippen LogP contribution in [-0.2, 0) is 4.79 Å². The van der Waals surface area contributed by atoms with Crippen LogP contribution in [0.4, 0.5) is 5.69 Å². The Morgan fingerprint density at radius 2 is 2.07 bits per heavy atom. The molecule has 2 nitrogen and oxygen atoms in total. The quantitative estimate of drug-likeness (QED) is 0.801. The van der Waals surface area contributed by atoms with Crippen LogP contribution in [0.1, 0.15) is 37.3 Å². The first-order chi connectivity index (χ1) is 7.13. The number of carbonyl (C=O) groups is 1. The van der Waals surface area contributed by atoms with E-state index in [0.717, 1.165) is 24.1 Å². The molecule has 0 aliphatic rings. The number of unbranched alkanes of at least 4 members (excludes halogenated alkanes) is 1. The number of amides is 1. The number of hydrogen-bond acceptors (Lipinski definition) is 1. The molecule has 1 N–H and O–H groups in total. The van der Waals surface area contributed by atoms with Gasteiger partial charge in [-0.3, -0.25) is 4.79 Å². The van der Waals surface area contributed by atoms with Crippen molar-refractivity contribution in [3.05, 3.63) is 29.3 Å². The highest BCUT2D eigenvalue weighted by atomic mass is 16.1. The lowest BCUT2D eigenvalue weighted by molar-refractivity contribution is -0.116. The Labute approximate surface area is 91.7 Å². The number of nitrogens with one attached hydrogen (secondary N) is 1. The molecule has 0 saturated carbocycles. The van der Waals surface area contributed by atoms with Gasteiger partial charge in [0.2, 0.25) is 5.91 Å². The van der Waals surface area contributed by atoms with Crippen LogP contribution in [0.3, 0.4) is 0 Å². The van der Waals surface area contributed by atoms with E-state index in [1.54, 1.807) is 0 Å². The minimum absolute atomic E-state index is 0.115. The van der Waals surface area contributed by atoms with Crippen molar-refractivity contribution in [2.75, 3.05) is 5.32 Å². The minimum Gasteiger partial charge on any atom is -0.326 e. The van der Waals surface area contributed by atoms with Crippen molar-refractivity contribution in [2.24, 2.45) is 0 Å². The van der Waals surface area contributed by atoms with Crippen LogP contribution >= 0.6 is 0 Å². The van der Waals surface area contributed by atoms with Crippen LogP contribution in [0.2, 0.25) is 0 Å². The number of carbonyl (C=O) groups excluding carboxylic acids is 1. The minimum atomic E-state index is 0.115. The lowest BCUT2D eigenvalue weighted by Gasteiger charge is -2.08. The number of rotatable bonds is 4. The van der Waals surface area contributed by atoms with Gasteiger partial charge in [-0.25, -0.2) is 0 Å². The molecular weight excluding hydrogens is 186 g/mol. The second-order valence-corrected chi connectivity index (χ2v) is 3.97. The number of hydrogen-bond donors (Lipinski definition) is 1. The Hall–Kier alpha value is -1.31. The molecule has 0 unspecified atom stereocenters. The fraction of sp³-hybridized carbons (Fsp3) is 0.462. The van der Waals surface area contributed by atoms with E-state index in [2.05, 4.69) is 25.2 Å². The third-order valence-corrected chi connectivity index (χ3v) is 2.41. The number of anilines is 1. The predicted molar refractivity (Wildman–Crippen MR) is 64.1 cm³/mol. The normalized spacial score (nSPS) is 10.1. The highest BCUT2D eigenvalue weighted by Gasteiger charge is 2.03. The molecular formula is C13H19NO. The summed E-state index contributed by atoms with van der Waals surface area (Å²) < 4.78 is 0. The predicted octanol–water partition coefficient (Wildman–Crippen LogP) is 3.43. The third-order valence-electron chi connectivity index (χ3n) is 2.41. The average Bonchev–Trinajstić information content (AvgIpc) is 2.19. The molecule has 0 atom stereocenters. The first-order valence-electron chi connectivity index (χ1n) is 5.50. The summed E-state index contributed by atoms with van der Waals surface area (Å²) in [5, 5.41) is 2.93. The lowest BCUT2D eigenvalue weighted by Crippen LogP contribution is -2.11. The molecule has 0 aromatic heterocycles. The summed E-state index contributed by atoms with van der Waals surface area (Å²) in [7, 11) is 0. The first-order valence-corrected chi connectivity index (χ1v) is 5.50. The van der Waals surface area contributed by atoms with Crippen LogP contribution in [0.5, 0.6) is 0 Å². The summed E-state index contributed by atoms with van der Waals surface area (Å²) in [5.41, 5.74) is 3.28. The topological polar surface area (TPSA) is 29.1 Å². The van der Waals surface area contributed by atoms with Crippen LogP contribution in [0.15, 0.2) is 18.2 Å². The first kappa shape index (κ1) is 11.8. The number of aryl methyl sites for hydroxylation is 2. The Kier molecular flexibility index (Phi) is 4.35. The molecule has 82 valence electrons. The second-order valence-electron chi connectivity index (χ2n) is 3.97. The molecule has 1 aromatic rings. The summed E-state index contributed by atoms with van der Waals surface area (Å²) in [5.74, 6) is 0.115. The summed E-state index contributed by atoms with van der Waals surface area (Å²) in [6.07, 6.45) is 2.63. The van der Waals surface area contributed by atoms with Gasteiger partial charge in [-0.1, -0.05) is 31.0 Å². The Bertz CT molecular complexity index is 344. The lowest BCUT2D eigenvalue weighted by atomic mass is 10.1. The summed E-state index contributed by atoms with van der Waals surface area (Å²) >= 11 is 0. The fourth-order valence-electron chi connectivity index (χ4n) is 1.50. The highest BCUT2D eigenvalue weighted by Crippen LogP contribution is 2.16. The van der Waals surface area contributed by atoms with E-state index >= 15 is 0 Å². The van der Waals surface area contributed by atoms with E-state index in [4.69, 9.17) is 0 Å². The highest BCUT2D eigenvalue weighted by molar-refractivity contribution is 5.91. The standard InChI is InChI=1S/C13H19NO/c1-4-5-6-13(15)14-12-8-7-10(2)9-11(12)3/h7-9H,4-6H2,1-3H3,(H,14,15). The van der Waals surface area contributed by atoms with Gasteiger partial charge in [-0.2, -0.15) is 0 Å². The zero-order chi connectivity index (χ0) is 11.3. The maximum Gasteiger partial charge on any atom is 0.224 e. The maximum atomic E-state index is 11.5. The van der Waals surface area contributed by atoms with Crippen molar-refractivity contribution in [2.45, 2.75) is 40.0 Å². The molecule has 1 rings (SSSR count). The van der Waals surface area contributed by atoms with Crippen LogP contribution in [-0.4, -0.2) is 5.91 Å². The van der Waals surface area contributed by atoms with Crippen molar-refractivity contribution < 1.29 is 4.79 Å². The van der Waals surface area contributed by atoms with Gasteiger partial charge in [-0.15, -0.1) is 0 Å². The molecule has 0 spiro atoms. The van der Waals surface area contributed by atoms with E-state index in [1.165, 1.54) is 5.56 Å². The molecule has 2 heteroatoms. The van der Waals surface area contributed by atoms with E-state index in [0.29, 0.717) is 6.42 Å². The van der Waals surface area contributed by atoms with Crippen LogP contribution < -0.4 is 5.32 Å². The largest absolute Gasteiger partial charge is 0.326 e. The van der Waals surface area contributed by atoms with Gasteiger partial charge in [0.05, 0.1) is 0 Å². The molecule has 0 bridgehead atoms. The van der Waals surface area contributed by atoms with Gasteiger partial charge in [0.25, 0.3) is 0 Å². The van der Waals surface area contributed by atoms with Crippen molar-refractivity contribution in [3.8, 4) is 0 Å². The fourth-order valence-corrected chi connectivity index (χ4v) is 1.50. The Balaban J connectivity index is 2.60. The molecule has 1 aromatic carbocycles. The van der Waals surface area contributed by atoms with Crippen molar-refractivity contribution in [1.82, 2.24) is 0 Å². The zero-order valence-electron chi connectivity index (χ0n) is 9.76. The molecule has 0 aliphatic carbocycles. The van der Waals surface area contributed by atoms with Gasteiger partial charge in [0, 0.05) is 12.1 Å². The molecule has 15 heavy (non-hydrogen) atoms. The molecule has 0 radical (unpaired) electrons. The molecule has 0 saturated heterocycles. The summed E-state index contributed by atoms with van der Waals surface area (Å²) in [6.45, 7) is 6.16. The van der Waals surface area contributed by atoms with Gasteiger partial charge < -0.3 is 5.32 Å². The molecule has 0 fully saturated rings. The Morgan fingerprint density at radius 1 is 1.33 bits per heavy atom. The van der Waals surface area contributed by atoms with E-state index < -0.39 is 0 Å². The van der Waals surface area contributed by atoms with Gasteiger partial charge in [0.1, 0.15) is 0 Å². The third kappa shape index (κ3) is 3.74. The van der Waals surface area contributed by atoms with Gasteiger partial charge >= 0.3 is 0 Å². The Morgan fingerprint density at radius 3 is 2.67 bits per heavy atom. The van der Waals surface area contributed by atoms with E-state index in [1.807, 2.05) is 19.1 Å². The van der Waals surface area contributed by atoms with Crippen molar-refractivity contribution >= 4 is 11.6 Å². The second kappa shape index (κ2) is 5.54. The zero-order valence-corrected chi connectivity index (χ0v) is 9.76. The summed E-state index contributed by atoms with van der Waals surface area (Å²) in [6, 6.07) is 6.06. The van der Waals surface area contributed by atoms with Crippen LogP contribution in [0, 0.1) is 13.8 Å². The maximum absolute atomic E-state index is 11.5. The molecule has 0 aliphatic heterocycles. The van der Waals surface area contributed by atoms with E-state index in [-0.39, 0.29) is 5.91 Å². The van der Waals surface area contributed by atoms with E-state index in [9.17, 15) is 4.79 Å². The van der Waals surface area contributed by atoms with Crippen LogP contribution in [0.25, 0.3) is 0 Å². The smallest absolute Gasteiger partial charge is 0.224 e. The monoisotopic (exact) mass is 205 g/mol. The van der Waals surface area contributed by atoms with Crippen molar-refractivity contribution in [1.29, 1.82) is 0 Å². The van der Waals surface area contributed by atoms with Gasteiger partial charge in [0.15, 0.2) is 0 Å². The molecule has 1 amide bonds.